The van der Waals surface area contributed by atoms with Crippen molar-refractivity contribution in [3.05, 3.63) is 72.3 Å². The molecular formula is C36H42N10O4. The Morgan fingerprint density at radius 1 is 0.940 bits per heavy atom. The first-order chi connectivity index (χ1) is 24.0. The Bertz CT molecular complexity index is 1920. The van der Waals surface area contributed by atoms with Crippen LogP contribution in [-0.4, -0.2) is 66.9 Å². The van der Waals surface area contributed by atoms with E-state index in [9.17, 15) is 14.4 Å². The second-order valence-electron chi connectivity index (χ2n) is 13.7. The number of nitrogens with one attached hydrogen (secondary N) is 5. The van der Waals surface area contributed by atoms with Crippen LogP contribution in [0.4, 0.5) is 16.3 Å². The number of ether oxygens (including phenoxy) is 1. The topological polar surface area (TPSA) is 206 Å². The Kier molecular flexibility index (Phi) is 10.1. The van der Waals surface area contributed by atoms with Crippen LogP contribution < -0.4 is 21.7 Å². The minimum atomic E-state index is -0.829. The van der Waals surface area contributed by atoms with Gasteiger partial charge >= 0.3 is 6.09 Å². The van der Waals surface area contributed by atoms with Crippen LogP contribution in [0.5, 0.6) is 0 Å². The molecule has 50 heavy (non-hydrogen) atoms. The molecule has 1 aliphatic rings. The second kappa shape index (κ2) is 14.8. The van der Waals surface area contributed by atoms with Gasteiger partial charge in [0.1, 0.15) is 11.6 Å². The maximum absolute atomic E-state index is 13.7. The van der Waals surface area contributed by atoms with Gasteiger partial charge in [-0.15, -0.1) is 10.2 Å². The van der Waals surface area contributed by atoms with E-state index < -0.39 is 17.7 Å². The first kappa shape index (κ1) is 34.1. The first-order valence-electron chi connectivity index (χ1n) is 16.8. The van der Waals surface area contributed by atoms with E-state index in [-0.39, 0.29) is 30.1 Å². The third-order valence-corrected chi connectivity index (χ3v) is 8.86. The molecular weight excluding hydrogens is 636 g/mol. The second-order valence-corrected chi connectivity index (χ2v) is 13.7. The summed E-state index contributed by atoms with van der Waals surface area (Å²) in [5, 5.41) is 30.8. The highest BCUT2D eigenvalue weighted by Crippen LogP contribution is 2.32. The maximum atomic E-state index is 13.7. The number of rotatable bonds is 10. The van der Waals surface area contributed by atoms with E-state index in [0.29, 0.717) is 36.7 Å². The molecule has 1 aliphatic carbocycles. The minimum Gasteiger partial charge on any atom is -0.444 e. The number of benzene rings is 3. The number of H-pyrrole nitrogens is 2. The summed E-state index contributed by atoms with van der Waals surface area (Å²) in [5.74, 6) is 0.399. The standard InChI is InChI=1S/C36H42N10O4/c1-36(2,3)50-35(49)38-20-22-9-13-25(14-10-22)33(47)40-29(34(48)39-26-17-15-24(16-18-26)32-43-45-46-44-32)19-21-7-11-23(12-8-21)27-5-4-6-28-30(27)31(37)42-41-28/h4-8,11-12,15-18,22,25,29H,9-10,13-14,19-20H2,1-3H3,(H,38,49)(H,39,48)(H,40,47)(H3,37,41,42)(H,43,44,45,46)/t22?,25?,29-/m0/s1. The predicted molar refractivity (Wildman–Crippen MR) is 190 cm³/mol. The van der Waals surface area contributed by atoms with Gasteiger partial charge in [-0.25, -0.2) is 4.79 Å². The Morgan fingerprint density at radius 3 is 2.34 bits per heavy atom. The summed E-state index contributed by atoms with van der Waals surface area (Å²) in [4.78, 5) is 39.5. The van der Waals surface area contributed by atoms with Gasteiger partial charge in [-0.2, -0.15) is 10.3 Å². The fourth-order valence-electron chi connectivity index (χ4n) is 6.28. The lowest BCUT2D eigenvalue weighted by Crippen LogP contribution is -2.48. The lowest BCUT2D eigenvalue weighted by molar-refractivity contribution is -0.130. The van der Waals surface area contributed by atoms with Crippen molar-refractivity contribution in [3.63, 3.8) is 0 Å². The summed E-state index contributed by atoms with van der Waals surface area (Å²) >= 11 is 0. The number of tetrazole rings is 1. The summed E-state index contributed by atoms with van der Waals surface area (Å²) in [6, 6.07) is 20.0. The largest absolute Gasteiger partial charge is 0.444 e. The number of hydrogen-bond donors (Lipinski definition) is 6. The molecule has 3 amide bonds. The van der Waals surface area contributed by atoms with Crippen molar-refractivity contribution in [2.75, 3.05) is 17.6 Å². The monoisotopic (exact) mass is 678 g/mol. The van der Waals surface area contributed by atoms with Gasteiger partial charge in [0.2, 0.25) is 17.6 Å². The highest BCUT2D eigenvalue weighted by molar-refractivity contribution is 6.01. The molecule has 6 rings (SSSR count). The summed E-state index contributed by atoms with van der Waals surface area (Å²) in [6.07, 6.45) is 2.74. The number of fused-ring (bicyclic) bond motifs is 1. The minimum absolute atomic E-state index is 0.158. The number of aromatic amines is 2. The molecule has 0 radical (unpaired) electrons. The number of aromatic nitrogens is 6. The molecule has 7 N–H and O–H groups in total. The number of nitrogen functional groups attached to an aromatic ring is 1. The molecule has 0 bridgehead atoms. The van der Waals surface area contributed by atoms with Gasteiger partial charge in [-0.1, -0.05) is 36.4 Å². The number of anilines is 2. The third-order valence-electron chi connectivity index (χ3n) is 8.86. The quantitative estimate of drug-likeness (QED) is 0.118. The van der Waals surface area contributed by atoms with Gasteiger partial charge < -0.3 is 26.4 Å². The van der Waals surface area contributed by atoms with Crippen LogP contribution >= 0.6 is 0 Å². The zero-order valence-electron chi connectivity index (χ0n) is 28.3. The number of nitrogens with two attached hydrogens (primary N) is 1. The number of carbonyl (C=O) groups is 3. The molecule has 260 valence electrons. The van der Waals surface area contributed by atoms with Crippen molar-refractivity contribution >= 4 is 40.3 Å². The van der Waals surface area contributed by atoms with Crippen LogP contribution in [0.2, 0.25) is 0 Å². The fraction of sp³-hybridized carbons (Fsp3) is 0.361. The number of carbonyl (C=O) groups excluding carboxylic acids is 3. The first-order valence-corrected chi connectivity index (χ1v) is 16.8. The molecule has 0 spiro atoms. The average molecular weight is 679 g/mol. The highest BCUT2D eigenvalue weighted by Gasteiger charge is 2.30. The van der Waals surface area contributed by atoms with E-state index in [4.69, 9.17) is 10.5 Å². The maximum Gasteiger partial charge on any atom is 0.407 e. The van der Waals surface area contributed by atoms with Gasteiger partial charge in [-0.05, 0) is 105 Å². The van der Waals surface area contributed by atoms with Crippen molar-refractivity contribution in [3.8, 4) is 22.5 Å². The molecule has 0 saturated heterocycles. The van der Waals surface area contributed by atoms with Crippen LogP contribution in [0.1, 0.15) is 52.0 Å². The molecule has 2 heterocycles. The van der Waals surface area contributed by atoms with E-state index in [2.05, 4.69) is 46.8 Å². The predicted octanol–water partition coefficient (Wildman–Crippen LogP) is 4.99. The van der Waals surface area contributed by atoms with Crippen molar-refractivity contribution in [1.29, 1.82) is 0 Å². The SMILES string of the molecule is CC(C)(C)OC(=O)NCC1CCC(C(=O)N[C@@H](Cc2ccc(-c3cccc4[nH]nc(N)c34)cc2)C(=O)Nc2ccc(-c3nn[nH]n3)cc2)CC1. The molecule has 2 aromatic heterocycles. The van der Waals surface area contributed by atoms with E-state index >= 15 is 0 Å². The summed E-state index contributed by atoms with van der Waals surface area (Å²) in [5.41, 5.74) is 10.5. The van der Waals surface area contributed by atoms with E-state index in [1.165, 1.54) is 0 Å². The molecule has 14 nitrogen and oxygen atoms in total. The lowest BCUT2D eigenvalue weighted by Gasteiger charge is -2.29. The molecule has 0 unspecified atom stereocenters. The lowest BCUT2D eigenvalue weighted by atomic mass is 9.81. The third kappa shape index (κ3) is 8.43. The van der Waals surface area contributed by atoms with E-state index in [1.807, 2.05) is 63.2 Å². The Hall–Kier alpha value is -5.79. The van der Waals surface area contributed by atoms with E-state index in [0.717, 1.165) is 46.0 Å². The van der Waals surface area contributed by atoms with Crippen LogP contribution in [0.3, 0.4) is 0 Å². The van der Waals surface area contributed by atoms with Gasteiger partial charge in [-0.3, -0.25) is 14.7 Å². The van der Waals surface area contributed by atoms with E-state index in [1.54, 1.807) is 24.3 Å². The summed E-state index contributed by atoms with van der Waals surface area (Å²) in [7, 11) is 0. The van der Waals surface area contributed by atoms with Crippen molar-refractivity contribution < 1.29 is 19.1 Å². The average Bonchev–Trinajstić information content (AvgIpc) is 3.78. The van der Waals surface area contributed by atoms with Crippen molar-refractivity contribution in [2.24, 2.45) is 11.8 Å². The van der Waals surface area contributed by atoms with Crippen LogP contribution in [0, 0.1) is 11.8 Å². The summed E-state index contributed by atoms with van der Waals surface area (Å²) in [6.45, 7) is 5.98. The molecule has 3 aromatic carbocycles. The number of amides is 3. The summed E-state index contributed by atoms with van der Waals surface area (Å²) < 4.78 is 5.35. The Morgan fingerprint density at radius 2 is 1.66 bits per heavy atom. The number of alkyl carbamates (subject to hydrolysis) is 1. The Balaban J connectivity index is 1.13. The molecule has 1 saturated carbocycles. The fourth-order valence-corrected chi connectivity index (χ4v) is 6.28. The van der Waals surface area contributed by atoms with Gasteiger partial charge in [0, 0.05) is 30.1 Å². The molecule has 0 aliphatic heterocycles. The zero-order chi connectivity index (χ0) is 35.3. The van der Waals surface area contributed by atoms with Crippen molar-refractivity contribution in [1.82, 2.24) is 41.5 Å². The van der Waals surface area contributed by atoms with Crippen LogP contribution in [-0.2, 0) is 20.7 Å². The zero-order valence-corrected chi connectivity index (χ0v) is 28.3. The number of hydrogen-bond acceptors (Lipinski definition) is 9. The highest BCUT2D eigenvalue weighted by atomic mass is 16.6. The smallest absolute Gasteiger partial charge is 0.407 e. The number of nitrogens with zero attached hydrogens (tertiary/aromatic N) is 4. The normalized spacial score (nSPS) is 16.8. The van der Waals surface area contributed by atoms with Crippen LogP contribution in [0.15, 0.2) is 66.7 Å². The Labute approximate surface area is 289 Å². The van der Waals surface area contributed by atoms with Gasteiger partial charge in [0.15, 0.2) is 5.82 Å². The molecule has 1 atom stereocenters. The molecule has 1 fully saturated rings. The molecule has 14 heteroatoms. The van der Waals surface area contributed by atoms with Crippen molar-refractivity contribution in [2.45, 2.75) is 64.5 Å². The van der Waals surface area contributed by atoms with Gasteiger partial charge in [0.25, 0.3) is 0 Å². The van der Waals surface area contributed by atoms with Crippen LogP contribution in [0.25, 0.3) is 33.4 Å². The van der Waals surface area contributed by atoms with Gasteiger partial charge in [0.05, 0.1) is 10.9 Å². The molecule has 5 aromatic rings.